The first-order chi connectivity index (χ1) is 9.06. The Labute approximate surface area is 122 Å². The van der Waals surface area contributed by atoms with Crippen LogP contribution in [0.5, 0.6) is 0 Å². The fourth-order valence-electron chi connectivity index (χ4n) is 1.66. The Bertz CT molecular complexity index is 627. The van der Waals surface area contributed by atoms with Gasteiger partial charge in [-0.05, 0) is 33.8 Å². The minimum absolute atomic E-state index is 0.0580. The quantitative estimate of drug-likeness (QED) is 0.835. The molecule has 0 aliphatic heterocycles. The Morgan fingerprint density at radius 2 is 2.21 bits per heavy atom. The molecule has 3 N–H and O–H groups in total. The molecule has 0 aliphatic carbocycles. The fourth-order valence-corrected chi connectivity index (χ4v) is 2.86. The van der Waals surface area contributed by atoms with E-state index in [0.717, 1.165) is 10.2 Å². The van der Waals surface area contributed by atoms with Gasteiger partial charge in [0.1, 0.15) is 16.4 Å². The predicted octanol–water partition coefficient (Wildman–Crippen LogP) is 3.03. The Morgan fingerprint density at radius 1 is 1.53 bits per heavy atom. The highest BCUT2D eigenvalue weighted by Crippen LogP contribution is 2.30. The zero-order chi connectivity index (χ0) is 14.0. The van der Waals surface area contributed by atoms with Gasteiger partial charge in [-0.3, -0.25) is 0 Å². The summed E-state index contributed by atoms with van der Waals surface area (Å²) in [7, 11) is 0. The maximum atomic E-state index is 11.3. The van der Waals surface area contributed by atoms with Gasteiger partial charge in [-0.2, -0.15) is 5.10 Å². The zero-order valence-corrected chi connectivity index (χ0v) is 12.5. The number of aromatic carboxylic acids is 1. The third-order valence-electron chi connectivity index (χ3n) is 2.46. The Hall–Kier alpha value is -1.47. The number of aromatic nitrogens is 2. The van der Waals surface area contributed by atoms with E-state index in [1.165, 1.54) is 16.4 Å². The second-order valence-electron chi connectivity index (χ2n) is 3.67. The summed E-state index contributed by atoms with van der Waals surface area (Å²) >= 11 is 4.76. The first-order valence-electron chi connectivity index (χ1n) is 5.55. The number of nitrogens with two attached hydrogens (primary N) is 1. The van der Waals surface area contributed by atoms with Gasteiger partial charge in [0.2, 0.25) is 0 Å². The Kier molecular flexibility index (Phi) is 4.16. The van der Waals surface area contributed by atoms with Gasteiger partial charge < -0.3 is 10.8 Å². The summed E-state index contributed by atoms with van der Waals surface area (Å²) in [5, 5.41) is 14.0. The van der Waals surface area contributed by atoms with Crippen LogP contribution in [0.2, 0.25) is 0 Å². The van der Waals surface area contributed by atoms with Crippen LogP contribution in [0.1, 0.15) is 17.3 Å². The van der Waals surface area contributed by atoms with Crippen molar-refractivity contribution in [3.8, 4) is 5.69 Å². The summed E-state index contributed by atoms with van der Waals surface area (Å²) in [4.78, 5) is 11.3. The molecule has 1 heterocycles. The molecule has 0 bridgehead atoms. The van der Waals surface area contributed by atoms with E-state index in [4.69, 9.17) is 5.73 Å². The maximum Gasteiger partial charge on any atom is 0.342 e. The molecule has 0 saturated carbocycles. The molecule has 100 valence electrons. The van der Waals surface area contributed by atoms with Crippen LogP contribution in [-0.2, 0) is 0 Å². The second kappa shape index (κ2) is 5.66. The number of nitrogens with zero attached hydrogens (tertiary/aromatic N) is 2. The lowest BCUT2D eigenvalue weighted by Crippen LogP contribution is -2.06. The fraction of sp³-hybridized carbons (Fsp3) is 0.167. The van der Waals surface area contributed by atoms with E-state index in [0.29, 0.717) is 10.7 Å². The minimum atomic E-state index is -1.06. The van der Waals surface area contributed by atoms with Crippen molar-refractivity contribution in [1.82, 2.24) is 9.78 Å². The molecule has 0 aliphatic rings. The van der Waals surface area contributed by atoms with Crippen molar-refractivity contribution in [1.29, 1.82) is 0 Å². The van der Waals surface area contributed by atoms with E-state index in [1.807, 2.05) is 31.2 Å². The molecular weight excluding hydrogens is 330 g/mol. The van der Waals surface area contributed by atoms with Gasteiger partial charge in [0.15, 0.2) is 0 Å². The third kappa shape index (κ3) is 2.62. The van der Waals surface area contributed by atoms with Crippen LogP contribution in [0.4, 0.5) is 5.82 Å². The standard InChI is InChI=1S/C12H12BrN3O2S/c1-2-19-11-9(12(17)18)10(14)16(15-11)8-6-4-3-5-7(8)13/h3-6H,2,14H2,1H3,(H,17,18). The third-order valence-corrected chi connectivity index (χ3v) is 3.98. The molecule has 7 heteroatoms. The van der Waals surface area contributed by atoms with Crippen LogP contribution < -0.4 is 5.73 Å². The molecule has 0 radical (unpaired) electrons. The smallest absolute Gasteiger partial charge is 0.342 e. The summed E-state index contributed by atoms with van der Waals surface area (Å²) in [6, 6.07) is 7.38. The number of para-hydroxylation sites is 1. The van der Waals surface area contributed by atoms with Crippen molar-refractivity contribution >= 4 is 39.5 Å². The molecule has 2 rings (SSSR count). The maximum absolute atomic E-state index is 11.3. The van der Waals surface area contributed by atoms with E-state index in [1.54, 1.807) is 0 Å². The summed E-state index contributed by atoms with van der Waals surface area (Å²) in [5.41, 5.74) is 6.69. The molecule has 0 fully saturated rings. The molecule has 0 atom stereocenters. The molecule has 5 nitrogen and oxygen atoms in total. The highest BCUT2D eigenvalue weighted by Gasteiger charge is 2.23. The molecule has 19 heavy (non-hydrogen) atoms. The van der Waals surface area contributed by atoms with Crippen LogP contribution in [0, 0.1) is 0 Å². The molecule has 1 aromatic carbocycles. The molecule has 0 saturated heterocycles. The number of thioether (sulfide) groups is 1. The first-order valence-corrected chi connectivity index (χ1v) is 7.33. The van der Waals surface area contributed by atoms with Crippen LogP contribution in [0.15, 0.2) is 33.8 Å². The summed E-state index contributed by atoms with van der Waals surface area (Å²) in [5.74, 6) is -0.200. The van der Waals surface area contributed by atoms with Crippen LogP contribution >= 0.6 is 27.7 Å². The Morgan fingerprint density at radius 3 is 2.79 bits per heavy atom. The normalized spacial score (nSPS) is 10.6. The zero-order valence-electron chi connectivity index (χ0n) is 10.1. The summed E-state index contributed by atoms with van der Waals surface area (Å²) in [6.07, 6.45) is 0. The first kappa shape index (κ1) is 14.0. The number of nitrogen functional groups attached to an aromatic ring is 1. The number of carbonyl (C=O) groups is 1. The molecule has 0 spiro atoms. The lowest BCUT2D eigenvalue weighted by molar-refractivity contribution is 0.0694. The van der Waals surface area contributed by atoms with Gasteiger partial charge >= 0.3 is 5.97 Å². The van der Waals surface area contributed by atoms with Gasteiger partial charge in [0.05, 0.1) is 5.69 Å². The summed E-state index contributed by atoms with van der Waals surface area (Å²) < 4.78 is 2.25. The monoisotopic (exact) mass is 341 g/mol. The van der Waals surface area contributed by atoms with Crippen molar-refractivity contribution < 1.29 is 9.90 Å². The SMILES string of the molecule is CCSc1nn(-c2ccccc2Br)c(N)c1C(=O)O. The predicted molar refractivity (Wildman–Crippen MR) is 79.0 cm³/mol. The lowest BCUT2D eigenvalue weighted by Gasteiger charge is -2.05. The van der Waals surface area contributed by atoms with Crippen LogP contribution in [-0.4, -0.2) is 26.6 Å². The molecule has 1 aromatic heterocycles. The number of halogens is 1. The van der Waals surface area contributed by atoms with E-state index < -0.39 is 5.97 Å². The van der Waals surface area contributed by atoms with Gasteiger partial charge in [0.25, 0.3) is 0 Å². The van der Waals surface area contributed by atoms with Crippen molar-refractivity contribution in [3.05, 3.63) is 34.3 Å². The number of carboxylic acid groups (broad SMARTS) is 1. The lowest BCUT2D eigenvalue weighted by atomic mass is 10.3. The van der Waals surface area contributed by atoms with Gasteiger partial charge in [-0.15, -0.1) is 11.8 Å². The van der Waals surface area contributed by atoms with Crippen molar-refractivity contribution in [2.24, 2.45) is 0 Å². The van der Waals surface area contributed by atoms with E-state index in [2.05, 4.69) is 21.0 Å². The molecule has 0 amide bonds. The number of hydrogen-bond donors (Lipinski definition) is 2. The number of rotatable bonds is 4. The molecular formula is C12H12BrN3O2S. The average molecular weight is 342 g/mol. The Balaban J connectivity index is 2.63. The number of benzene rings is 1. The average Bonchev–Trinajstić information content (AvgIpc) is 2.67. The van der Waals surface area contributed by atoms with E-state index in [-0.39, 0.29) is 11.4 Å². The molecule has 2 aromatic rings. The van der Waals surface area contributed by atoms with Gasteiger partial charge in [-0.1, -0.05) is 19.1 Å². The second-order valence-corrected chi connectivity index (χ2v) is 5.77. The topological polar surface area (TPSA) is 81.1 Å². The highest BCUT2D eigenvalue weighted by atomic mass is 79.9. The van der Waals surface area contributed by atoms with E-state index >= 15 is 0 Å². The molecule has 0 unspecified atom stereocenters. The number of carboxylic acids is 1. The van der Waals surface area contributed by atoms with Crippen molar-refractivity contribution in [3.63, 3.8) is 0 Å². The van der Waals surface area contributed by atoms with Gasteiger partial charge in [-0.25, -0.2) is 9.48 Å². The minimum Gasteiger partial charge on any atom is -0.477 e. The van der Waals surface area contributed by atoms with Crippen LogP contribution in [0.3, 0.4) is 0 Å². The number of anilines is 1. The highest BCUT2D eigenvalue weighted by molar-refractivity contribution is 9.10. The van der Waals surface area contributed by atoms with Crippen molar-refractivity contribution in [2.75, 3.05) is 11.5 Å². The van der Waals surface area contributed by atoms with Crippen LogP contribution in [0.25, 0.3) is 5.69 Å². The van der Waals surface area contributed by atoms with E-state index in [9.17, 15) is 9.90 Å². The largest absolute Gasteiger partial charge is 0.477 e. The summed E-state index contributed by atoms with van der Waals surface area (Å²) in [6.45, 7) is 1.93. The number of hydrogen-bond acceptors (Lipinski definition) is 4. The van der Waals surface area contributed by atoms with Gasteiger partial charge in [0, 0.05) is 4.47 Å². The van der Waals surface area contributed by atoms with Crippen molar-refractivity contribution in [2.45, 2.75) is 11.9 Å².